The van der Waals surface area contributed by atoms with Crippen molar-refractivity contribution in [1.82, 2.24) is 14.8 Å². The summed E-state index contributed by atoms with van der Waals surface area (Å²) < 4.78 is 4.75. The van der Waals surface area contributed by atoms with Crippen LogP contribution in [0, 0.1) is 17.8 Å². The number of rotatable bonds is 13. The number of nitrogens with zero attached hydrogens (tertiary/aromatic N) is 3. The number of piperidine rings is 1. The largest absolute Gasteiger partial charge is 0.464 e. The molecular formula is C28H47N3O3S. The third-order valence-electron chi connectivity index (χ3n) is 7.87. The maximum absolute atomic E-state index is 11.8. The molecule has 0 aromatic carbocycles. The van der Waals surface area contributed by atoms with Gasteiger partial charge in [-0.3, -0.25) is 4.90 Å². The van der Waals surface area contributed by atoms with Crippen LogP contribution in [0.4, 0.5) is 0 Å². The van der Waals surface area contributed by atoms with Gasteiger partial charge >= 0.3 is 5.97 Å². The Hall–Kier alpha value is -1.70. The number of esters is 1. The summed E-state index contributed by atoms with van der Waals surface area (Å²) >= 11 is 1.30. The monoisotopic (exact) mass is 505 g/mol. The maximum atomic E-state index is 11.8. The van der Waals surface area contributed by atoms with E-state index in [9.17, 15) is 9.90 Å². The maximum Gasteiger partial charge on any atom is 0.357 e. The Morgan fingerprint density at radius 1 is 1.34 bits per heavy atom. The van der Waals surface area contributed by atoms with Gasteiger partial charge in [-0.25, -0.2) is 9.78 Å². The first kappa shape index (κ1) is 29.5. The second-order valence-electron chi connectivity index (χ2n) is 10.6. The topological polar surface area (TPSA) is 65.9 Å². The number of carbonyl (C=O) groups is 1. The number of ether oxygens (including phenoxy) is 1. The smallest absolute Gasteiger partial charge is 0.357 e. The average Bonchev–Trinajstić information content (AvgIpc) is 3.34. The van der Waals surface area contributed by atoms with Crippen LogP contribution in [0.15, 0.2) is 29.8 Å². The SMILES string of the molecule is C=C(CC(C(=C)N(C)C(CC(O)c1nc(C(=O)OC)cs1)C(C)C)C(C)CC)C1CCCCN1C. The highest BCUT2D eigenvalue weighted by molar-refractivity contribution is 7.09. The van der Waals surface area contributed by atoms with E-state index in [-0.39, 0.29) is 11.7 Å². The van der Waals surface area contributed by atoms with Crippen molar-refractivity contribution in [3.05, 3.63) is 40.5 Å². The predicted octanol–water partition coefficient (Wildman–Crippen LogP) is 5.92. The van der Waals surface area contributed by atoms with E-state index in [0.717, 1.165) is 25.1 Å². The second-order valence-corrected chi connectivity index (χ2v) is 11.5. The minimum absolute atomic E-state index is 0.0835. The molecule has 0 radical (unpaired) electrons. The summed E-state index contributed by atoms with van der Waals surface area (Å²) in [5, 5.41) is 13.2. The number of likely N-dealkylation sites (tertiary alicyclic amines) is 1. The Bertz CT molecular complexity index is 852. The molecule has 1 saturated heterocycles. The standard InChI is InChI=1S/C28H47N3O3S/c1-10-19(4)22(15-20(5)24-13-11-12-14-30(24)7)21(6)31(8)25(18(2)3)16-26(32)27-29-23(17-35-27)28(33)34-9/h17-19,22,24-26,32H,5-6,10-16H2,1-4,7-9H3. The summed E-state index contributed by atoms with van der Waals surface area (Å²) in [4.78, 5) is 20.8. The Labute approximate surface area is 217 Å². The molecule has 0 bridgehead atoms. The fraction of sp³-hybridized carbons (Fsp3) is 0.714. The molecular weight excluding hydrogens is 458 g/mol. The molecule has 5 atom stereocenters. The van der Waals surface area contributed by atoms with E-state index < -0.39 is 12.1 Å². The van der Waals surface area contributed by atoms with Gasteiger partial charge in [0.1, 0.15) is 11.1 Å². The van der Waals surface area contributed by atoms with Gasteiger partial charge in [0, 0.05) is 42.5 Å². The number of hydrogen-bond donors (Lipinski definition) is 1. The highest BCUT2D eigenvalue weighted by Gasteiger charge is 2.32. The molecule has 2 heterocycles. The lowest BCUT2D eigenvalue weighted by Crippen LogP contribution is -2.41. The number of thiazole rings is 1. The van der Waals surface area contributed by atoms with E-state index in [1.807, 2.05) is 0 Å². The van der Waals surface area contributed by atoms with Crippen LogP contribution in [0.5, 0.6) is 0 Å². The number of aromatic nitrogens is 1. The lowest BCUT2D eigenvalue weighted by Gasteiger charge is -2.41. The van der Waals surface area contributed by atoms with Crippen LogP contribution >= 0.6 is 11.3 Å². The average molecular weight is 506 g/mol. The first-order valence-corrected chi connectivity index (χ1v) is 13.9. The molecule has 35 heavy (non-hydrogen) atoms. The number of carbonyl (C=O) groups excluding carboxylic acids is 1. The molecule has 1 aromatic heterocycles. The Balaban J connectivity index is 2.16. The third kappa shape index (κ3) is 7.64. The normalized spacial score (nSPS) is 20.2. The number of hydrogen-bond acceptors (Lipinski definition) is 7. The molecule has 0 saturated carbocycles. The summed E-state index contributed by atoms with van der Waals surface area (Å²) in [5.74, 6) is 0.606. The molecule has 1 N–H and O–H groups in total. The van der Waals surface area contributed by atoms with Gasteiger partial charge in [0.25, 0.3) is 0 Å². The number of methoxy groups -OCH3 is 1. The molecule has 6 nitrogen and oxygen atoms in total. The molecule has 0 spiro atoms. The highest BCUT2D eigenvalue weighted by Crippen LogP contribution is 2.36. The molecule has 1 aliphatic rings. The van der Waals surface area contributed by atoms with Crippen molar-refractivity contribution in [3.63, 3.8) is 0 Å². The van der Waals surface area contributed by atoms with Crippen LogP contribution in [-0.2, 0) is 4.74 Å². The first-order chi connectivity index (χ1) is 16.5. The van der Waals surface area contributed by atoms with Crippen molar-refractivity contribution in [2.24, 2.45) is 17.8 Å². The van der Waals surface area contributed by atoms with Gasteiger partial charge in [-0.05, 0) is 44.7 Å². The van der Waals surface area contributed by atoms with E-state index in [1.165, 1.54) is 43.3 Å². The number of likely N-dealkylation sites (N-methyl/N-ethyl adjacent to an activating group) is 1. The van der Waals surface area contributed by atoms with Crippen LogP contribution in [0.25, 0.3) is 0 Å². The number of aliphatic hydroxyl groups is 1. The van der Waals surface area contributed by atoms with Crippen molar-refractivity contribution in [3.8, 4) is 0 Å². The van der Waals surface area contributed by atoms with Gasteiger partial charge in [-0.15, -0.1) is 11.3 Å². The molecule has 1 fully saturated rings. The Morgan fingerprint density at radius 3 is 2.60 bits per heavy atom. The summed E-state index contributed by atoms with van der Waals surface area (Å²) in [6, 6.07) is 0.533. The lowest BCUT2D eigenvalue weighted by molar-refractivity contribution is 0.0593. The van der Waals surface area contributed by atoms with Crippen LogP contribution in [0.3, 0.4) is 0 Å². The van der Waals surface area contributed by atoms with E-state index >= 15 is 0 Å². The van der Waals surface area contributed by atoms with E-state index in [1.54, 1.807) is 5.38 Å². The van der Waals surface area contributed by atoms with E-state index in [4.69, 9.17) is 4.74 Å². The van der Waals surface area contributed by atoms with Crippen molar-refractivity contribution < 1.29 is 14.6 Å². The molecule has 7 heteroatoms. The van der Waals surface area contributed by atoms with Gasteiger partial charge in [-0.2, -0.15) is 0 Å². The van der Waals surface area contributed by atoms with E-state index in [0.29, 0.717) is 35.2 Å². The first-order valence-electron chi connectivity index (χ1n) is 13.0. The van der Waals surface area contributed by atoms with E-state index in [2.05, 4.69) is 69.7 Å². The molecule has 1 aromatic rings. The molecule has 0 aliphatic carbocycles. The fourth-order valence-corrected chi connectivity index (χ4v) is 6.05. The summed E-state index contributed by atoms with van der Waals surface area (Å²) in [5.41, 5.74) is 2.67. The van der Waals surface area contributed by atoms with Crippen LogP contribution in [0.2, 0.25) is 0 Å². The predicted molar refractivity (Wildman–Crippen MR) is 146 cm³/mol. The number of allylic oxidation sites excluding steroid dienone is 1. The summed E-state index contributed by atoms with van der Waals surface area (Å²) in [6.45, 7) is 19.2. The Morgan fingerprint density at radius 2 is 2.03 bits per heavy atom. The molecule has 0 amide bonds. The fourth-order valence-electron chi connectivity index (χ4n) is 5.26. The van der Waals surface area contributed by atoms with Crippen LogP contribution < -0.4 is 0 Å². The molecule has 198 valence electrons. The highest BCUT2D eigenvalue weighted by atomic mass is 32.1. The molecule has 2 rings (SSSR count). The molecule has 1 aliphatic heterocycles. The Kier molecular flexibility index (Phi) is 11.4. The number of aliphatic hydroxyl groups excluding tert-OH is 1. The van der Waals surface area contributed by atoms with Crippen molar-refractivity contribution >= 4 is 17.3 Å². The van der Waals surface area contributed by atoms with Gasteiger partial charge in [0.05, 0.1) is 7.11 Å². The third-order valence-corrected chi connectivity index (χ3v) is 8.81. The van der Waals surface area contributed by atoms with Crippen molar-refractivity contribution in [2.45, 2.75) is 84.4 Å². The zero-order valence-corrected chi connectivity index (χ0v) is 23.7. The second kappa shape index (κ2) is 13.6. The van der Waals surface area contributed by atoms with Crippen LogP contribution in [-0.4, -0.2) is 65.7 Å². The zero-order valence-electron chi connectivity index (χ0n) is 22.9. The minimum atomic E-state index is -0.756. The van der Waals surface area contributed by atoms with Gasteiger partial charge < -0.3 is 14.7 Å². The summed E-state index contributed by atoms with van der Waals surface area (Å²) in [7, 11) is 5.66. The van der Waals surface area contributed by atoms with Gasteiger partial charge in [-0.1, -0.05) is 59.3 Å². The minimum Gasteiger partial charge on any atom is -0.464 e. The van der Waals surface area contributed by atoms with Crippen molar-refractivity contribution in [1.29, 1.82) is 0 Å². The zero-order chi connectivity index (χ0) is 26.3. The quantitative estimate of drug-likeness (QED) is 0.265. The van der Waals surface area contributed by atoms with Gasteiger partial charge in [0.2, 0.25) is 0 Å². The lowest BCUT2D eigenvalue weighted by atomic mass is 9.80. The summed E-state index contributed by atoms with van der Waals surface area (Å²) in [6.07, 6.45) is 5.50. The molecule has 5 unspecified atom stereocenters. The van der Waals surface area contributed by atoms with Crippen molar-refractivity contribution in [2.75, 3.05) is 27.7 Å². The van der Waals surface area contributed by atoms with Crippen LogP contribution in [0.1, 0.15) is 87.8 Å². The van der Waals surface area contributed by atoms with Gasteiger partial charge in [0.15, 0.2) is 5.69 Å².